The van der Waals surface area contributed by atoms with Gasteiger partial charge >= 0.3 is 0 Å². The van der Waals surface area contributed by atoms with E-state index in [1.807, 2.05) is 31.3 Å². The quantitative estimate of drug-likeness (QED) is 0.879. The van der Waals surface area contributed by atoms with Gasteiger partial charge in [-0.1, -0.05) is 35.9 Å². The Morgan fingerprint density at radius 3 is 2.55 bits per heavy atom. The summed E-state index contributed by atoms with van der Waals surface area (Å²) in [5, 5.41) is 3.81. The molecule has 106 valence electrons. The van der Waals surface area contributed by atoms with Gasteiger partial charge in [-0.15, -0.1) is 0 Å². The van der Waals surface area contributed by atoms with Crippen LogP contribution < -0.4 is 5.32 Å². The first-order valence-electron chi connectivity index (χ1n) is 6.44. The van der Waals surface area contributed by atoms with Crippen LogP contribution in [0.4, 0.5) is 8.78 Å². The summed E-state index contributed by atoms with van der Waals surface area (Å²) >= 11 is 5.95. The maximum Gasteiger partial charge on any atom is 0.162 e. The van der Waals surface area contributed by atoms with Crippen molar-refractivity contribution in [1.29, 1.82) is 0 Å². The zero-order valence-corrected chi connectivity index (χ0v) is 11.9. The first-order chi connectivity index (χ1) is 9.60. The Labute approximate surface area is 122 Å². The highest BCUT2D eigenvalue weighted by molar-refractivity contribution is 6.30. The molecule has 1 atom stereocenters. The van der Waals surface area contributed by atoms with Gasteiger partial charge in [-0.3, -0.25) is 0 Å². The number of hydrogen-bond acceptors (Lipinski definition) is 1. The van der Waals surface area contributed by atoms with Crippen LogP contribution in [0.15, 0.2) is 42.5 Å². The molecule has 2 rings (SSSR count). The molecule has 1 nitrogen and oxygen atoms in total. The van der Waals surface area contributed by atoms with Crippen molar-refractivity contribution in [3.63, 3.8) is 0 Å². The molecular weight excluding hydrogens is 280 g/mol. The molecule has 0 radical (unpaired) electrons. The van der Waals surface area contributed by atoms with Gasteiger partial charge < -0.3 is 5.32 Å². The monoisotopic (exact) mass is 295 g/mol. The summed E-state index contributed by atoms with van der Waals surface area (Å²) in [5.41, 5.74) is 1.44. The summed E-state index contributed by atoms with van der Waals surface area (Å²) in [6.07, 6.45) is 1.12. The third kappa shape index (κ3) is 3.78. The molecule has 0 heterocycles. The van der Waals surface area contributed by atoms with Gasteiger partial charge in [0.25, 0.3) is 0 Å². The fourth-order valence-corrected chi connectivity index (χ4v) is 2.41. The van der Waals surface area contributed by atoms with E-state index in [0.717, 1.165) is 11.6 Å². The molecule has 0 spiro atoms. The van der Waals surface area contributed by atoms with Crippen molar-refractivity contribution in [2.75, 3.05) is 7.05 Å². The SMILES string of the molecule is CNC(Cc1cccc(Cl)c1)Cc1cccc(F)c1F. The second-order valence-electron chi connectivity index (χ2n) is 4.74. The minimum atomic E-state index is -0.805. The Hall–Kier alpha value is -1.45. The predicted octanol–water partition coefficient (Wildman–Crippen LogP) is 3.99. The molecule has 0 amide bonds. The van der Waals surface area contributed by atoms with Crippen molar-refractivity contribution in [3.05, 3.63) is 70.2 Å². The van der Waals surface area contributed by atoms with Crippen LogP contribution in [0.1, 0.15) is 11.1 Å². The molecule has 2 aromatic rings. The molecule has 2 aromatic carbocycles. The molecule has 0 aliphatic rings. The second kappa shape index (κ2) is 6.82. The molecule has 0 bridgehead atoms. The summed E-state index contributed by atoms with van der Waals surface area (Å²) in [5.74, 6) is -1.57. The Morgan fingerprint density at radius 1 is 1.10 bits per heavy atom. The van der Waals surface area contributed by atoms with Gasteiger partial charge in [-0.05, 0) is 49.2 Å². The number of likely N-dealkylation sites (N-methyl/N-ethyl adjacent to an activating group) is 1. The second-order valence-corrected chi connectivity index (χ2v) is 5.17. The highest BCUT2D eigenvalue weighted by atomic mass is 35.5. The van der Waals surface area contributed by atoms with Crippen molar-refractivity contribution in [2.24, 2.45) is 0 Å². The van der Waals surface area contributed by atoms with Crippen LogP contribution in [0.25, 0.3) is 0 Å². The van der Waals surface area contributed by atoms with Crippen molar-refractivity contribution in [1.82, 2.24) is 5.32 Å². The van der Waals surface area contributed by atoms with Gasteiger partial charge in [0.2, 0.25) is 0 Å². The smallest absolute Gasteiger partial charge is 0.162 e. The first kappa shape index (κ1) is 14.9. The molecule has 0 aromatic heterocycles. The van der Waals surface area contributed by atoms with Crippen LogP contribution in [0, 0.1) is 11.6 Å². The lowest BCUT2D eigenvalue weighted by Crippen LogP contribution is -2.30. The van der Waals surface area contributed by atoms with E-state index in [1.54, 1.807) is 6.07 Å². The lowest BCUT2D eigenvalue weighted by atomic mass is 9.98. The van der Waals surface area contributed by atoms with Crippen LogP contribution in [0.5, 0.6) is 0 Å². The van der Waals surface area contributed by atoms with Gasteiger partial charge in [-0.2, -0.15) is 0 Å². The molecule has 0 aliphatic heterocycles. The number of nitrogens with one attached hydrogen (secondary N) is 1. The Balaban J connectivity index is 2.11. The minimum Gasteiger partial charge on any atom is -0.316 e. The van der Waals surface area contributed by atoms with E-state index in [2.05, 4.69) is 5.32 Å². The fourth-order valence-electron chi connectivity index (χ4n) is 2.20. The Bertz CT molecular complexity index is 586. The zero-order valence-electron chi connectivity index (χ0n) is 11.2. The normalized spacial score (nSPS) is 12.4. The van der Waals surface area contributed by atoms with Crippen LogP contribution in [0.2, 0.25) is 5.02 Å². The Kier molecular flexibility index (Phi) is 5.10. The van der Waals surface area contributed by atoms with Crippen molar-refractivity contribution >= 4 is 11.6 Å². The molecule has 0 fully saturated rings. The number of hydrogen-bond donors (Lipinski definition) is 1. The molecule has 1 N–H and O–H groups in total. The average molecular weight is 296 g/mol. The maximum absolute atomic E-state index is 13.7. The van der Waals surface area contributed by atoms with Gasteiger partial charge in [0.15, 0.2) is 11.6 Å². The van der Waals surface area contributed by atoms with Crippen LogP contribution >= 0.6 is 11.6 Å². The average Bonchev–Trinajstić information content (AvgIpc) is 2.43. The largest absolute Gasteiger partial charge is 0.316 e. The fraction of sp³-hybridized carbons (Fsp3) is 0.250. The lowest BCUT2D eigenvalue weighted by molar-refractivity contribution is 0.482. The van der Waals surface area contributed by atoms with Gasteiger partial charge in [0.05, 0.1) is 0 Å². The first-order valence-corrected chi connectivity index (χ1v) is 6.82. The number of benzene rings is 2. The van der Waals surface area contributed by atoms with Crippen LogP contribution in [-0.2, 0) is 12.8 Å². The van der Waals surface area contributed by atoms with Gasteiger partial charge in [-0.25, -0.2) is 8.78 Å². The number of rotatable bonds is 5. The van der Waals surface area contributed by atoms with Crippen molar-refractivity contribution < 1.29 is 8.78 Å². The lowest BCUT2D eigenvalue weighted by Gasteiger charge is -2.17. The van der Waals surface area contributed by atoms with E-state index in [4.69, 9.17) is 11.6 Å². The molecule has 0 aliphatic carbocycles. The minimum absolute atomic E-state index is 0.0183. The van der Waals surface area contributed by atoms with Gasteiger partial charge in [0.1, 0.15) is 0 Å². The highest BCUT2D eigenvalue weighted by Crippen LogP contribution is 2.17. The molecule has 20 heavy (non-hydrogen) atoms. The van der Waals surface area contributed by atoms with Crippen molar-refractivity contribution in [3.8, 4) is 0 Å². The van der Waals surface area contributed by atoms with E-state index < -0.39 is 11.6 Å². The third-order valence-corrected chi connectivity index (χ3v) is 3.51. The molecule has 0 saturated carbocycles. The van der Waals surface area contributed by atoms with E-state index in [0.29, 0.717) is 23.4 Å². The van der Waals surface area contributed by atoms with Crippen LogP contribution in [0.3, 0.4) is 0 Å². The van der Waals surface area contributed by atoms with Crippen molar-refractivity contribution in [2.45, 2.75) is 18.9 Å². The molecule has 1 unspecified atom stereocenters. The Morgan fingerprint density at radius 2 is 1.85 bits per heavy atom. The predicted molar refractivity (Wildman–Crippen MR) is 78.1 cm³/mol. The summed E-state index contributed by atoms with van der Waals surface area (Å²) in [4.78, 5) is 0. The molecule has 4 heteroatoms. The van der Waals surface area contributed by atoms with E-state index >= 15 is 0 Å². The third-order valence-electron chi connectivity index (χ3n) is 3.28. The van der Waals surface area contributed by atoms with E-state index in [-0.39, 0.29) is 6.04 Å². The molecule has 0 saturated heterocycles. The summed E-state index contributed by atoms with van der Waals surface area (Å²) in [6, 6.07) is 11.8. The standard InChI is InChI=1S/C16H16ClF2N/c1-20-14(9-11-4-2-6-13(17)8-11)10-12-5-3-7-15(18)16(12)19/h2-8,14,20H,9-10H2,1H3. The van der Waals surface area contributed by atoms with Crippen LogP contribution in [-0.4, -0.2) is 13.1 Å². The summed E-state index contributed by atoms with van der Waals surface area (Å²) in [7, 11) is 1.81. The van der Waals surface area contributed by atoms with E-state index in [1.165, 1.54) is 6.07 Å². The highest BCUT2D eigenvalue weighted by Gasteiger charge is 2.14. The zero-order chi connectivity index (χ0) is 14.5. The topological polar surface area (TPSA) is 12.0 Å². The molecular formula is C16H16ClF2N. The maximum atomic E-state index is 13.7. The summed E-state index contributed by atoms with van der Waals surface area (Å²) in [6.45, 7) is 0. The number of halogens is 3. The van der Waals surface area contributed by atoms with E-state index in [9.17, 15) is 8.78 Å². The summed E-state index contributed by atoms with van der Waals surface area (Å²) < 4.78 is 26.9. The van der Waals surface area contributed by atoms with Gasteiger partial charge in [0, 0.05) is 11.1 Å².